The summed E-state index contributed by atoms with van der Waals surface area (Å²) >= 11 is 0. The molecule has 0 heterocycles. The number of rotatable bonds is 18. The van der Waals surface area contributed by atoms with Gasteiger partial charge in [0.15, 0.2) is 13.1 Å². The molecule has 2 aromatic rings. The Hall–Kier alpha value is -4.10. The Labute approximate surface area is 331 Å². The van der Waals surface area contributed by atoms with Gasteiger partial charge in [0.05, 0.1) is 14.1 Å². The van der Waals surface area contributed by atoms with Gasteiger partial charge in [-0.25, -0.2) is 9.59 Å². The lowest BCUT2D eigenvalue weighted by molar-refractivity contribution is -0.875. The smallest absolute Gasteiger partial charge is 0.367 e. The number of carbonyl (C=O) groups is 2. The molecule has 0 bridgehead atoms. The molecule has 2 aromatic carbocycles. The molecule has 300 valence electrons. The van der Waals surface area contributed by atoms with E-state index in [-0.39, 0.29) is 52.7 Å². The molecule has 55 heavy (non-hydrogen) atoms. The highest BCUT2D eigenvalue weighted by molar-refractivity contribution is 5.77. The van der Waals surface area contributed by atoms with Gasteiger partial charge in [-0.1, -0.05) is 87.1 Å². The first-order valence-electron chi connectivity index (χ1n) is 20.6. The molecule has 4 atom stereocenters. The zero-order chi connectivity index (χ0) is 40.4. The molecule has 0 radical (unpaired) electrons. The Kier molecular flexibility index (Phi) is 15.6. The first-order valence-corrected chi connectivity index (χ1v) is 20.6. The van der Waals surface area contributed by atoms with E-state index in [0.29, 0.717) is 22.6 Å². The summed E-state index contributed by atoms with van der Waals surface area (Å²) in [6.45, 7) is 20.9. The predicted molar refractivity (Wildman–Crippen MR) is 224 cm³/mol. The minimum atomic E-state index is -0.504. The van der Waals surface area contributed by atoms with Crippen LogP contribution >= 0.6 is 0 Å². The summed E-state index contributed by atoms with van der Waals surface area (Å²) in [5.74, 6) is -0.159. The molecular formula is C48H68NO6+. The molecule has 0 aliphatic heterocycles. The zero-order valence-corrected chi connectivity index (χ0v) is 35.1. The lowest BCUT2D eigenvalue weighted by Crippen LogP contribution is -2.49. The van der Waals surface area contributed by atoms with E-state index in [2.05, 4.69) is 53.0 Å². The highest BCUT2D eigenvalue weighted by Gasteiger charge is 2.35. The van der Waals surface area contributed by atoms with Crippen molar-refractivity contribution in [1.82, 2.24) is 0 Å². The Morgan fingerprint density at radius 1 is 0.691 bits per heavy atom. The van der Waals surface area contributed by atoms with Gasteiger partial charge in [0.2, 0.25) is 0 Å². The minimum absolute atomic E-state index is 0.0136. The summed E-state index contributed by atoms with van der Waals surface area (Å²) in [4.78, 5) is 27.6. The number of phenolic OH excluding ortho intramolecular Hbond substituents is 2. The van der Waals surface area contributed by atoms with Gasteiger partial charge < -0.3 is 24.2 Å². The fourth-order valence-electron chi connectivity index (χ4n) is 8.50. The number of allylic oxidation sites excluding steroid dienone is 6. The van der Waals surface area contributed by atoms with E-state index < -0.39 is 11.9 Å². The van der Waals surface area contributed by atoms with Crippen molar-refractivity contribution >= 4 is 11.9 Å². The quantitative estimate of drug-likeness (QED) is 0.0517. The van der Waals surface area contributed by atoms with Crippen molar-refractivity contribution < 1.29 is 33.8 Å². The van der Waals surface area contributed by atoms with Crippen molar-refractivity contribution in [3.8, 4) is 23.0 Å². The third kappa shape index (κ3) is 11.9. The molecule has 4 rings (SSSR count). The van der Waals surface area contributed by atoms with E-state index in [1.54, 1.807) is 14.1 Å². The van der Waals surface area contributed by atoms with Crippen molar-refractivity contribution in [3.63, 3.8) is 0 Å². The van der Waals surface area contributed by atoms with Crippen molar-refractivity contribution in [2.45, 2.75) is 130 Å². The van der Waals surface area contributed by atoms with Crippen LogP contribution in [0, 0.1) is 11.8 Å². The van der Waals surface area contributed by atoms with Gasteiger partial charge in [-0.3, -0.25) is 0 Å². The van der Waals surface area contributed by atoms with Crippen LogP contribution < -0.4 is 9.47 Å². The van der Waals surface area contributed by atoms with E-state index in [0.717, 1.165) is 99.3 Å². The number of esters is 2. The van der Waals surface area contributed by atoms with Crippen LogP contribution in [0.1, 0.15) is 140 Å². The lowest BCUT2D eigenvalue weighted by Gasteiger charge is -2.33. The molecule has 0 spiro atoms. The monoisotopic (exact) mass is 755 g/mol. The van der Waals surface area contributed by atoms with Crippen molar-refractivity contribution in [1.29, 1.82) is 0 Å². The second kappa shape index (κ2) is 19.7. The van der Waals surface area contributed by atoms with Crippen LogP contribution in [0.3, 0.4) is 0 Å². The third-order valence-electron chi connectivity index (χ3n) is 11.5. The summed E-state index contributed by atoms with van der Waals surface area (Å²) in [6, 6.07) is 7.45. The number of hydrogen-bond donors (Lipinski definition) is 2. The first kappa shape index (κ1) is 43.6. The average Bonchev–Trinajstić information content (AvgIpc) is 3.07. The summed E-state index contributed by atoms with van der Waals surface area (Å²) in [7, 11) is 3.60. The molecule has 2 aliphatic rings. The van der Waals surface area contributed by atoms with E-state index in [1.807, 2.05) is 38.1 Å². The summed E-state index contributed by atoms with van der Waals surface area (Å²) in [5, 5.41) is 23.0. The van der Waals surface area contributed by atoms with E-state index in [1.165, 1.54) is 11.1 Å². The number of nitrogens with zero attached hydrogens (tertiary/aromatic N) is 1. The number of aryl methyl sites for hydroxylation is 2. The topological polar surface area (TPSA) is 93.1 Å². The number of carbonyl (C=O) groups excluding carboxylic acids is 2. The summed E-state index contributed by atoms with van der Waals surface area (Å²) in [6.07, 6.45) is 15.8. The maximum Gasteiger partial charge on any atom is 0.367 e. The normalized spacial score (nSPS) is 20.0. The first-order chi connectivity index (χ1) is 26.0. The molecular weight excluding hydrogens is 687 g/mol. The number of hydrogen-bond acceptors (Lipinski definition) is 6. The van der Waals surface area contributed by atoms with Gasteiger partial charge >= 0.3 is 11.9 Å². The van der Waals surface area contributed by atoms with Crippen molar-refractivity contribution in [3.05, 3.63) is 94.1 Å². The van der Waals surface area contributed by atoms with Crippen LogP contribution in [0.15, 0.2) is 71.9 Å². The molecule has 0 fully saturated rings. The highest BCUT2D eigenvalue weighted by atomic mass is 16.5. The SMILES string of the molecule is C=C(C)[C@@H]1CCC(C)=C[C@H]1c1c(O)cc(CCCCC)cc1OC(=O)C[N+](C)(C)CC(=O)Oc1cc(CCCCC)cc(O)c1[C@@H]1C=C(C)CC[C@H]1C(=C)C. The summed E-state index contributed by atoms with van der Waals surface area (Å²) in [5.41, 5.74) is 7.58. The van der Waals surface area contributed by atoms with Gasteiger partial charge in [-0.2, -0.15) is 0 Å². The van der Waals surface area contributed by atoms with Crippen LogP contribution in [0.4, 0.5) is 0 Å². The third-order valence-corrected chi connectivity index (χ3v) is 11.5. The molecule has 7 heteroatoms. The second-order valence-electron chi connectivity index (χ2n) is 17.2. The van der Waals surface area contributed by atoms with Crippen LogP contribution in [0.2, 0.25) is 0 Å². The Balaban J connectivity index is 1.60. The summed E-state index contributed by atoms with van der Waals surface area (Å²) < 4.78 is 12.3. The van der Waals surface area contributed by atoms with Crippen LogP contribution in [-0.4, -0.2) is 53.8 Å². The average molecular weight is 755 g/mol. The lowest BCUT2D eigenvalue weighted by atomic mass is 9.73. The number of likely N-dealkylation sites (N-methyl/N-ethyl adjacent to an activating group) is 1. The largest absolute Gasteiger partial charge is 0.507 e. The van der Waals surface area contributed by atoms with Gasteiger partial charge in [-0.15, -0.1) is 0 Å². The maximum atomic E-state index is 13.8. The van der Waals surface area contributed by atoms with Crippen LogP contribution in [-0.2, 0) is 22.4 Å². The number of benzene rings is 2. The molecule has 2 aliphatic carbocycles. The van der Waals surface area contributed by atoms with Crippen LogP contribution in [0.25, 0.3) is 0 Å². The Morgan fingerprint density at radius 2 is 1.07 bits per heavy atom. The number of aromatic hydroxyl groups is 2. The van der Waals surface area contributed by atoms with Gasteiger partial charge in [0.25, 0.3) is 0 Å². The van der Waals surface area contributed by atoms with Crippen molar-refractivity contribution in [2.75, 3.05) is 27.2 Å². The molecule has 7 nitrogen and oxygen atoms in total. The molecule has 0 unspecified atom stereocenters. The van der Waals surface area contributed by atoms with Crippen LogP contribution in [0.5, 0.6) is 23.0 Å². The fraction of sp³-hybridized carbons (Fsp3) is 0.542. The Bertz CT molecular complexity index is 1650. The second-order valence-corrected chi connectivity index (χ2v) is 17.2. The number of quaternary nitrogens is 1. The molecule has 0 amide bonds. The molecule has 2 N–H and O–H groups in total. The predicted octanol–water partition coefficient (Wildman–Crippen LogP) is 11.2. The van der Waals surface area contributed by atoms with Crippen molar-refractivity contribution in [2.24, 2.45) is 11.8 Å². The number of phenols is 2. The Morgan fingerprint density at radius 3 is 1.42 bits per heavy atom. The van der Waals surface area contributed by atoms with E-state index in [4.69, 9.17) is 9.47 Å². The number of unbranched alkanes of at least 4 members (excludes halogenated alkanes) is 4. The standard InChI is InChI=1S/C48H67NO6/c1-11-13-15-17-35-25-41(50)47(39-23-33(7)19-21-37(39)31(3)4)43(27-35)54-45(52)29-49(9,10)30-46(53)55-44-28-36(18-16-14-12-2)26-42(51)48(44)40-24-34(8)20-22-38(40)32(5)6/h23-28,37-40H,3,5,11-22,29-30H2,1-2,4,6-10H3,(H-,50,51)/p+1/t37-,38-,39+,40+/m0/s1. The zero-order valence-electron chi connectivity index (χ0n) is 35.1. The van der Waals surface area contributed by atoms with Gasteiger partial charge in [-0.05, 0) is 126 Å². The van der Waals surface area contributed by atoms with E-state index in [9.17, 15) is 19.8 Å². The van der Waals surface area contributed by atoms with E-state index >= 15 is 0 Å². The molecule has 0 saturated heterocycles. The van der Waals surface area contributed by atoms with Gasteiger partial charge in [0, 0.05) is 23.0 Å². The highest BCUT2D eigenvalue weighted by Crippen LogP contribution is 2.48. The molecule has 0 saturated carbocycles. The number of ether oxygens (including phenoxy) is 2. The van der Waals surface area contributed by atoms with Gasteiger partial charge in [0.1, 0.15) is 23.0 Å². The maximum absolute atomic E-state index is 13.8. The minimum Gasteiger partial charge on any atom is -0.507 e. The molecule has 0 aromatic heterocycles. The fourth-order valence-corrected chi connectivity index (χ4v) is 8.50.